The van der Waals surface area contributed by atoms with Crippen molar-refractivity contribution in [3.05, 3.63) is 34.9 Å². The summed E-state index contributed by atoms with van der Waals surface area (Å²) in [5.41, 5.74) is -0.0109. The van der Waals surface area contributed by atoms with Crippen LogP contribution in [0.3, 0.4) is 0 Å². The van der Waals surface area contributed by atoms with Crippen molar-refractivity contribution >= 4 is 11.8 Å². The van der Waals surface area contributed by atoms with Crippen LogP contribution in [0.4, 0.5) is 0 Å². The quantitative estimate of drug-likeness (QED) is 0.612. The van der Waals surface area contributed by atoms with Crippen molar-refractivity contribution in [1.29, 1.82) is 0 Å². The standard InChI is InChI=1S/C25H30O6/c1-12-21(28)19-13-10-17-24(4)8-7-18(27)23(2,3)16(24)6-9-25(17,5)31-15(13)11-14(26)20(19)22(29)30-12/h7-8,11-12,16-17,21,26,28H,6,9-10H2,1-5H3/t12-,16+,17+,21+,24+,25+/m1/s1. The van der Waals surface area contributed by atoms with E-state index < -0.39 is 29.2 Å². The Kier molecular flexibility index (Phi) is 4.06. The molecule has 6 heteroatoms. The molecule has 2 N–H and O–H groups in total. The van der Waals surface area contributed by atoms with Crippen LogP contribution in [0.25, 0.3) is 0 Å². The molecule has 2 aliphatic carbocycles. The van der Waals surface area contributed by atoms with Gasteiger partial charge in [0.05, 0.1) is 0 Å². The molecule has 0 radical (unpaired) electrons. The van der Waals surface area contributed by atoms with Gasteiger partial charge in [-0.25, -0.2) is 4.79 Å². The van der Waals surface area contributed by atoms with E-state index in [1.165, 1.54) is 6.07 Å². The normalized spacial score (nSPS) is 40.1. The largest absolute Gasteiger partial charge is 0.507 e. The predicted molar refractivity (Wildman–Crippen MR) is 113 cm³/mol. The van der Waals surface area contributed by atoms with Crippen LogP contribution in [0.5, 0.6) is 11.5 Å². The minimum absolute atomic E-state index is 0.0313. The number of hydrogen-bond donors (Lipinski definition) is 2. The summed E-state index contributed by atoms with van der Waals surface area (Å²) in [4.78, 5) is 25.2. The Morgan fingerprint density at radius 2 is 1.84 bits per heavy atom. The number of rotatable bonds is 0. The van der Waals surface area contributed by atoms with Crippen molar-refractivity contribution in [3.63, 3.8) is 0 Å². The third kappa shape index (κ3) is 2.54. The Hall–Kier alpha value is -2.34. The molecule has 31 heavy (non-hydrogen) atoms. The van der Waals surface area contributed by atoms with Gasteiger partial charge in [0.2, 0.25) is 0 Å². The van der Waals surface area contributed by atoms with E-state index in [0.29, 0.717) is 17.7 Å². The van der Waals surface area contributed by atoms with Gasteiger partial charge in [0.1, 0.15) is 34.9 Å². The average Bonchev–Trinajstić information content (AvgIpc) is 2.67. The van der Waals surface area contributed by atoms with Crippen molar-refractivity contribution in [1.82, 2.24) is 0 Å². The zero-order chi connectivity index (χ0) is 22.5. The lowest BCUT2D eigenvalue weighted by Gasteiger charge is -2.61. The van der Waals surface area contributed by atoms with Gasteiger partial charge in [0, 0.05) is 28.5 Å². The number of fused-ring (bicyclic) bond motifs is 6. The summed E-state index contributed by atoms with van der Waals surface area (Å²) >= 11 is 0. The van der Waals surface area contributed by atoms with Gasteiger partial charge in [0.25, 0.3) is 0 Å². The van der Waals surface area contributed by atoms with Crippen molar-refractivity contribution in [2.45, 2.75) is 71.7 Å². The molecule has 166 valence electrons. The maximum atomic E-state index is 12.7. The van der Waals surface area contributed by atoms with Crippen LogP contribution in [0.15, 0.2) is 18.2 Å². The Morgan fingerprint density at radius 1 is 1.13 bits per heavy atom. The number of allylic oxidation sites excluding steroid dienone is 2. The van der Waals surface area contributed by atoms with E-state index in [-0.39, 0.29) is 34.3 Å². The molecule has 2 heterocycles. The number of aliphatic hydroxyl groups excluding tert-OH is 1. The first kappa shape index (κ1) is 20.6. The molecule has 1 fully saturated rings. The zero-order valence-corrected chi connectivity index (χ0v) is 18.7. The number of carbonyl (C=O) groups excluding carboxylic acids is 2. The van der Waals surface area contributed by atoms with Gasteiger partial charge < -0.3 is 19.7 Å². The summed E-state index contributed by atoms with van der Waals surface area (Å²) in [7, 11) is 0. The fourth-order valence-electron chi connectivity index (χ4n) is 6.92. The van der Waals surface area contributed by atoms with E-state index in [4.69, 9.17) is 9.47 Å². The lowest BCUT2D eigenvalue weighted by atomic mass is 9.46. The molecule has 5 rings (SSSR count). The van der Waals surface area contributed by atoms with Gasteiger partial charge in [-0.1, -0.05) is 26.8 Å². The highest BCUT2D eigenvalue weighted by Gasteiger charge is 2.61. The van der Waals surface area contributed by atoms with Crippen LogP contribution in [0.1, 0.15) is 75.0 Å². The van der Waals surface area contributed by atoms with Gasteiger partial charge in [-0.3, -0.25) is 4.79 Å². The van der Waals surface area contributed by atoms with Crippen molar-refractivity contribution in [2.24, 2.45) is 22.7 Å². The van der Waals surface area contributed by atoms with Crippen LogP contribution in [0, 0.1) is 22.7 Å². The summed E-state index contributed by atoms with van der Waals surface area (Å²) < 4.78 is 11.8. The molecule has 4 aliphatic rings. The Labute approximate surface area is 182 Å². The smallest absolute Gasteiger partial charge is 0.342 e. The highest BCUT2D eigenvalue weighted by Crippen LogP contribution is 2.62. The first-order valence-corrected chi connectivity index (χ1v) is 11.1. The number of carbonyl (C=O) groups is 2. The van der Waals surface area contributed by atoms with Crippen molar-refractivity contribution in [2.75, 3.05) is 0 Å². The predicted octanol–water partition coefficient (Wildman–Crippen LogP) is 3.88. The number of esters is 1. The molecule has 6 atom stereocenters. The summed E-state index contributed by atoms with van der Waals surface area (Å²) in [5, 5.41) is 21.5. The fraction of sp³-hybridized carbons (Fsp3) is 0.600. The lowest BCUT2D eigenvalue weighted by Crippen LogP contribution is -2.61. The molecule has 6 nitrogen and oxygen atoms in total. The van der Waals surface area contributed by atoms with E-state index in [1.54, 1.807) is 13.0 Å². The molecular formula is C25H30O6. The van der Waals surface area contributed by atoms with E-state index in [9.17, 15) is 19.8 Å². The van der Waals surface area contributed by atoms with Gasteiger partial charge in [-0.2, -0.15) is 0 Å². The highest BCUT2D eigenvalue weighted by atomic mass is 16.6. The molecule has 0 amide bonds. The summed E-state index contributed by atoms with van der Waals surface area (Å²) in [6.07, 6.45) is 4.28. The number of ketones is 1. The van der Waals surface area contributed by atoms with Gasteiger partial charge in [0.15, 0.2) is 5.78 Å². The van der Waals surface area contributed by atoms with E-state index in [2.05, 4.69) is 19.9 Å². The fourth-order valence-corrected chi connectivity index (χ4v) is 6.92. The molecule has 0 aromatic heterocycles. The highest BCUT2D eigenvalue weighted by molar-refractivity contribution is 5.97. The van der Waals surface area contributed by atoms with E-state index in [0.717, 1.165) is 18.4 Å². The molecule has 0 spiro atoms. The van der Waals surface area contributed by atoms with Crippen LogP contribution in [-0.2, 0) is 16.0 Å². The Morgan fingerprint density at radius 3 is 2.55 bits per heavy atom. The molecule has 0 unspecified atom stereocenters. The second-order valence-corrected chi connectivity index (χ2v) is 10.8. The van der Waals surface area contributed by atoms with Crippen LogP contribution in [0.2, 0.25) is 0 Å². The minimum atomic E-state index is -1.03. The molecule has 1 saturated carbocycles. The first-order chi connectivity index (χ1) is 14.4. The zero-order valence-electron chi connectivity index (χ0n) is 18.7. The summed E-state index contributed by atoms with van der Waals surface area (Å²) in [5.74, 6) is 0.0407. The third-order valence-corrected chi connectivity index (χ3v) is 8.67. The van der Waals surface area contributed by atoms with E-state index in [1.807, 2.05) is 13.8 Å². The number of ether oxygens (including phenoxy) is 2. The summed E-state index contributed by atoms with van der Waals surface area (Å²) in [6, 6.07) is 1.48. The number of cyclic esters (lactones) is 1. The number of phenols is 1. The molecule has 1 aromatic rings. The second-order valence-electron chi connectivity index (χ2n) is 10.8. The molecule has 0 saturated heterocycles. The van der Waals surface area contributed by atoms with Crippen molar-refractivity contribution in [3.8, 4) is 11.5 Å². The van der Waals surface area contributed by atoms with Crippen LogP contribution < -0.4 is 4.74 Å². The topological polar surface area (TPSA) is 93.1 Å². The van der Waals surface area contributed by atoms with Crippen LogP contribution in [-0.4, -0.2) is 33.7 Å². The number of phenolic OH excluding ortho intramolecular Hbond substituents is 1. The molecule has 2 aliphatic heterocycles. The van der Waals surface area contributed by atoms with E-state index >= 15 is 0 Å². The average molecular weight is 427 g/mol. The van der Waals surface area contributed by atoms with Crippen molar-refractivity contribution < 1.29 is 29.3 Å². The third-order valence-electron chi connectivity index (χ3n) is 8.67. The minimum Gasteiger partial charge on any atom is -0.507 e. The Bertz CT molecular complexity index is 1040. The van der Waals surface area contributed by atoms with Gasteiger partial charge >= 0.3 is 5.97 Å². The first-order valence-electron chi connectivity index (χ1n) is 11.1. The molecule has 0 bridgehead atoms. The second kappa shape index (κ2) is 6.12. The number of aliphatic hydroxyl groups is 1. The molecular weight excluding hydrogens is 396 g/mol. The number of aromatic hydroxyl groups is 1. The van der Waals surface area contributed by atoms with Gasteiger partial charge in [-0.15, -0.1) is 0 Å². The SMILES string of the molecule is C[C@H]1OC(=O)c2c(O)cc3c(c2[C@H]1O)C[C@H]1[C@@]2(C)C=CC(=O)C(C)(C)[C@@H]2CC[C@]1(C)O3. The molecule has 1 aromatic carbocycles. The maximum absolute atomic E-state index is 12.7. The Balaban J connectivity index is 1.69. The van der Waals surface area contributed by atoms with Gasteiger partial charge in [-0.05, 0) is 50.5 Å². The van der Waals surface area contributed by atoms with Crippen LogP contribution >= 0.6 is 0 Å². The summed E-state index contributed by atoms with van der Waals surface area (Å²) in [6.45, 7) is 10.0. The number of hydrogen-bond acceptors (Lipinski definition) is 6. The number of benzene rings is 1. The maximum Gasteiger partial charge on any atom is 0.342 e. The monoisotopic (exact) mass is 426 g/mol. The lowest BCUT2D eigenvalue weighted by molar-refractivity contribution is -0.148.